The molecule has 1 saturated heterocycles. The summed E-state index contributed by atoms with van der Waals surface area (Å²) in [7, 11) is 0. The van der Waals surface area contributed by atoms with Crippen molar-refractivity contribution in [2.45, 2.75) is 26.1 Å². The molecule has 1 fully saturated rings. The number of Topliss-reactive ketones (excluding diaryl/α,β-unsaturated/α-hetero) is 1. The van der Waals surface area contributed by atoms with Gasteiger partial charge in [-0.3, -0.25) is 4.79 Å². The first kappa shape index (κ1) is 8.46. The summed E-state index contributed by atoms with van der Waals surface area (Å²) in [6.45, 7) is 3.66. The van der Waals surface area contributed by atoms with Crippen molar-refractivity contribution in [1.82, 2.24) is 0 Å². The molecule has 0 spiro atoms. The summed E-state index contributed by atoms with van der Waals surface area (Å²) in [4.78, 5) is 11.8. The van der Waals surface area contributed by atoms with Crippen LogP contribution in [0.3, 0.4) is 0 Å². The first-order valence-electron chi connectivity index (χ1n) is 4.35. The van der Waals surface area contributed by atoms with E-state index < -0.39 is 11.3 Å². The molecule has 0 unspecified atom stereocenters. The highest BCUT2D eigenvalue weighted by Crippen LogP contribution is 2.40. The average Bonchev–Trinajstić information content (AvgIpc) is 2.51. The topological polar surface area (TPSA) is 50.1 Å². The van der Waals surface area contributed by atoms with Crippen LogP contribution in [0.4, 0.5) is 0 Å². The summed E-state index contributed by atoms with van der Waals surface area (Å²) in [6.07, 6.45) is 3.26. The molecule has 3 heteroatoms. The van der Waals surface area contributed by atoms with Crippen LogP contribution < -0.4 is 0 Å². The third-order valence-corrected chi connectivity index (χ3v) is 2.88. The number of hydrogen-bond acceptors (Lipinski definition) is 3. The van der Waals surface area contributed by atoms with Gasteiger partial charge in [-0.05, 0) is 0 Å². The first-order valence-corrected chi connectivity index (χ1v) is 4.35. The van der Waals surface area contributed by atoms with Crippen LogP contribution in [0.15, 0.2) is 12.2 Å². The molecule has 0 saturated carbocycles. The number of fused-ring (bicyclic) bond motifs is 2. The minimum absolute atomic E-state index is 0.00116. The first-order chi connectivity index (χ1) is 6.07. The number of carbonyl (C=O) groups excluding carboxylic acids is 1. The Labute approximate surface area is 77.0 Å². The zero-order valence-electron chi connectivity index (χ0n) is 7.65. The van der Waals surface area contributed by atoms with Crippen molar-refractivity contribution in [3.63, 3.8) is 0 Å². The van der Waals surface area contributed by atoms with Gasteiger partial charge in [0.1, 0.15) is 5.92 Å². The monoisotopic (exact) mass is 177 g/mol. The zero-order chi connectivity index (χ0) is 9.64. The van der Waals surface area contributed by atoms with Gasteiger partial charge in [0.2, 0.25) is 0 Å². The van der Waals surface area contributed by atoms with E-state index in [1.807, 2.05) is 32.1 Å². The van der Waals surface area contributed by atoms with E-state index in [1.54, 1.807) is 0 Å². The predicted octanol–water partition coefficient (Wildman–Crippen LogP) is 1.06. The molecule has 2 aliphatic heterocycles. The van der Waals surface area contributed by atoms with Gasteiger partial charge in [0, 0.05) is 0 Å². The maximum atomic E-state index is 11.8. The molecule has 0 aromatic carbocycles. The number of ketones is 1. The van der Waals surface area contributed by atoms with E-state index in [1.165, 1.54) is 0 Å². The summed E-state index contributed by atoms with van der Waals surface area (Å²) in [6, 6.07) is 2.01. The number of nitriles is 1. The van der Waals surface area contributed by atoms with Crippen LogP contribution in [0.25, 0.3) is 0 Å². The number of nitrogens with zero attached hydrogens (tertiary/aromatic N) is 1. The standard InChI is InChI=1S/C10H11NO2/c1-10(2)8-4-3-7(13-8)6(5-11)9(10)12/h3-4,6-8H,1-2H3/t6-,7+,8-/m0/s1. The second-order valence-electron chi connectivity index (χ2n) is 4.10. The fraction of sp³-hybridized carbons (Fsp3) is 0.600. The smallest absolute Gasteiger partial charge is 0.161 e. The van der Waals surface area contributed by atoms with E-state index in [4.69, 9.17) is 10.00 Å². The lowest BCUT2D eigenvalue weighted by atomic mass is 9.75. The highest BCUT2D eigenvalue weighted by Gasteiger charge is 2.51. The number of rotatable bonds is 0. The minimum Gasteiger partial charge on any atom is -0.364 e. The van der Waals surface area contributed by atoms with Crippen molar-refractivity contribution in [3.8, 4) is 6.07 Å². The lowest BCUT2D eigenvalue weighted by molar-refractivity contribution is -0.151. The average molecular weight is 177 g/mol. The molecule has 2 rings (SSSR count). The van der Waals surface area contributed by atoms with Gasteiger partial charge >= 0.3 is 0 Å². The number of hydrogen-bond donors (Lipinski definition) is 0. The predicted molar refractivity (Wildman–Crippen MR) is 45.7 cm³/mol. The molecule has 0 aromatic rings. The summed E-state index contributed by atoms with van der Waals surface area (Å²) >= 11 is 0. The highest BCUT2D eigenvalue weighted by molar-refractivity contribution is 5.91. The third-order valence-electron chi connectivity index (χ3n) is 2.88. The second kappa shape index (κ2) is 2.43. The summed E-state index contributed by atoms with van der Waals surface area (Å²) < 4.78 is 5.53. The molecule has 3 atom stereocenters. The van der Waals surface area contributed by atoms with Gasteiger partial charge in [-0.1, -0.05) is 26.0 Å². The van der Waals surface area contributed by atoms with Crippen molar-refractivity contribution < 1.29 is 9.53 Å². The molecule has 2 aliphatic rings. The Morgan fingerprint density at radius 2 is 2.23 bits per heavy atom. The Morgan fingerprint density at radius 1 is 1.54 bits per heavy atom. The van der Waals surface area contributed by atoms with Gasteiger partial charge in [0.15, 0.2) is 5.78 Å². The van der Waals surface area contributed by atoms with Crippen molar-refractivity contribution in [2.75, 3.05) is 0 Å². The Bertz CT molecular complexity index is 324. The lowest BCUT2D eigenvalue weighted by Gasteiger charge is -2.37. The second-order valence-corrected chi connectivity index (χ2v) is 4.10. The molecule has 13 heavy (non-hydrogen) atoms. The van der Waals surface area contributed by atoms with Crippen LogP contribution in [0, 0.1) is 22.7 Å². The molecule has 0 N–H and O–H groups in total. The molecule has 0 aromatic heterocycles. The number of carbonyl (C=O) groups is 1. The molecule has 0 aliphatic carbocycles. The molecular weight excluding hydrogens is 166 g/mol. The Kier molecular flexibility index (Phi) is 1.58. The van der Waals surface area contributed by atoms with Crippen molar-refractivity contribution in [3.05, 3.63) is 12.2 Å². The van der Waals surface area contributed by atoms with Gasteiger partial charge in [0.05, 0.1) is 23.7 Å². The fourth-order valence-electron chi connectivity index (χ4n) is 1.89. The SMILES string of the molecule is CC1(C)C(=O)[C@@H](C#N)[C@H]2C=C[C@@H]1O2. The third kappa shape index (κ3) is 0.956. The van der Waals surface area contributed by atoms with Crippen LogP contribution in [0.2, 0.25) is 0 Å². The molecule has 3 nitrogen and oxygen atoms in total. The maximum absolute atomic E-state index is 11.8. The molecule has 2 heterocycles. The van der Waals surface area contributed by atoms with Crippen LogP contribution >= 0.6 is 0 Å². The van der Waals surface area contributed by atoms with Crippen molar-refractivity contribution in [1.29, 1.82) is 5.26 Å². The maximum Gasteiger partial charge on any atom is 0.161 e. The van der Waals surface area contributed by atoms with Gasteiger partial charge in [-0.15, -0.1) is 0 Å². The molecular formula is C10H11NO2. The van der Waals surface area contributed by atoms with Crippen molar-refractivity contribution >= 4 is 5.78 Å². The Morgan fingerprint density at radius 3 is 2.85 bits per heavy atom. The minimum atomic E-state index is -0.620. The summed E-state index contributed by atoms with van der Waals surface area (Å²) in [5, 5.41) is 8.83. The molecule has 0 radical (unpaired) electrons. The van der Waals surface area contributed by atoms with E-state index in [2.05, 4.69) is 0 Å². The molecule has 2 bridgehead atoms. The van der Waals surface area contributed by atoms with Crippen molar-refractivity contribution in [2.24, 2.45) is 11.3 Å². The van der Waals surface area contributed by atoms with Crippen LogP contribution in [-0.2, 0) is 9.53 Å². The normalized spacial score (nSPS) is 40.4. The fourth-order valence-corrected chi connectivity index (χ4v) is 1.89. The van der Waals surface area contributed by atoms with E-state index in [0.717, 1.165) is 0 Å². The van der Waals surface area contributed by atoms with Gasteiger partial charge < -0.3 is 4.74 Å². The van der Waals surface area contributed by atoms with Gasteiger partial charge in [-0.2, -0.15) is 5.26 Å². The lowest BCUT2D eigenvalue weighted by Crippen LogP contribution is -2.48. The molecule has 0 amide bonds. The van der Waals surface area contributed by atoms with Gasteiger partial charge in [-0.25, -0.2) is 0 Å². The summed E-state index contributed by atoms with van der Waals surface area (Å²) in [5.74, 6) is -0.619. The van der Waals surface area contributed by atoms with Gasteiger partial charge in [0.25, 0.3) is 0 Å². The largest absolute Gasteiger partial charge is 0.364 e. The highest BCUT2D eigenvalue weighted by atomic mass is 16.5. The number of ether oxygens (including phenoxy) is 1. The van der Waals surface area contributed by atoms with E-state index in [-0.39, 0.29) is 18.0 Å². The van der Waals surface area contributed by atoms with Crippen LogP contribution in [0.1, 0.15) is 13.8 Å². The summed E-state index contributed by atoms with van der Waals surface area (Å²) in [5.41, 5.74) is -0.552. The van der Waals surface area contributed by atoms with E-state index >= 15 is 0 Å². The quantitative estimate of drug-likeness (QED) is 0.520. The van der Waals surface area contributed by atoms with E-state index in [9.17, 15) is 4.79 Å². The zero-order valence-corrected chi connectivity index (χ0v) is 7.65. The van der Waals surface area contributed by atoms with E-state index in [0.29, 0.717) is 0 Å². The Balaban J connectivity index is 2.42. The molecule has 68 valence electrons. The van der Waals surface area contributed by atoms with Crippen LogP contribution in [-0.4, -0.2) is 18.0 Å². The van der Waals surface area contributed by atoms with Crippen LogP contribution in [0.5, 0.6) is 0 Å². The Hall–Kier alpha value is -1.14.